The number of imidazole rings is 2. The quantitative estimate of drug-likeness (QED) is 0.516. The molecule has 0 saturated heterocycles. The molecule has 0 aliphatic rings. The Balaban J connectivity index is 1.57. The van der Waals surface area contributed by atoms with Crippen LogP contribution in [-0.2, 0) is 13.5 Å². The van der Waals surface area contributed by atoms with Crippen molar-refractivity contribution in [3.05, 3.63) is 88.6 Å². The number of carbonyl (C=O) groups is 1. The second-order valence-electron chi connectivity index (χ2n) is 7.65. The van der Waals surface area contributed by atoms with Gasteiger partial charge in [0.2, 0.25) is 5.95 Å². The average molecular weight is 399 g/mol. The van der Waals surface area contributed by atoms with Gasteiger partial charge in [-0.1, -0.05) is 23.8 Å². The van der Waals surface area contributed by atoms with Crippen molar-refractivity contribution in [1.82, 2.24) is 19.5 Å². The number of anilines is 1. The summed E-state index contributed by atoms with van der Waals surface area (Å²) in [5.41, 5.74) is 7.37. The molecule has 0 aliphatic heterocycles. The molecule has 6 heteroatoms. The molecule has 0 saturated carbocycles. The Morgan fingerprint density at radius 1 is 1.13 bits per heavy atom. The second-order valence-corrected chi connectivity index (χ2v) is 7.65. The predicted molar refractivity (Wildman–Crippen MR) is 119 cm³/mol. The minimum Gasteiger partial charge on any atom is -0.348 e. The molecular formula is C24H25N5O. The molecule has 0 aliphatic carbocycles. The van der Waals surface area contributed by atoms with Crippen LogP contribution in [0.15, 0.2) is 55.0 Å². The van der Waals surface area contributed by atoms with Gasteiger partial charge >= 0.3 is 0 Å². The maximum atomic E-state index is 12.9. The van der Waals surface area contributed by atoms with Gasteiger partial charge in [0.25, 0.3) is 5.91 Å². The number of aryl methyl sites for hydroxylation is 2. The van der Waals surface area contributed by atoms with Gasteiger partial charge in [0.1, 0.15) is 5.82 Å². The number of carbonyl (C=O) groups excluding carboxylic acids is 1. The predicted octanol–water partition coefficient (Wildman–Crippen LogP) is 4.58. The second kappa shape index (κ2) is 7.99. The van der Waals surface area contributed by atoms with Crippen LogP contribution in [0.4, 0.5) is 5.95 Å². The third kappa shape index (κ3) is 3.89. The Morgan fingerprint density at radius 2 is 1.97 bits per heavy atom. The van der Waals surface area contributed by atoms with E-state index in [1.165, 1.54) is 16.7 Å². The number of hydrogen-bond acceptors (Lipinski definition) is 3. The Bertz CT molecular complexity index is 1200. The fourth-order valence-corrected chi connectivity index (χ4v) is 3.67. The van der Waals surface area contributed by atoms with Crippen LogP contribution in [0.3, 0.4) is 0 Å². The molecule has 4 rings (SSSR count). The van der Waals surface area contributed by atoms with Crippen molar-refractivity contribution >= 4 is 11.9 Å². The van der Waals surface area contributed by atoms with Crippen LogP contribution in [-0.4, -0.2) is 25.4 Å². The van der Waals surface area contributed by atoms with Crippen LogP contribution in [0.2, 0.25) is 0 Å². The molecule has 6 nitrogen and oxygen atoms in total. The first-order chi connectivity index (χ1) is 14.4. The topological polar surface area (TPSA) is 75.6 Å². The van der Waals surface area contributed by atoms with E-state index in [0.717, 1.165) is 22.6 Å². The molecule has 2 aromatic carbocycles. The molecule has 30 heavy (non-hydrogen) atoms. The van der Waals surface area contributed by atoms with E-state index >= 15 is 0 Å². The lowest BCUT2D eigenvalue weighted by molar-refractivity contribution is 0.102. The van der Waals surface area contributed by atoms with Gasteiger partial charge in [0.15, 0.2) is 0 Å². The fourth-order valence-electron chi connectivity index (χ4n) is 3.67. The van der Waals surface area contributed by atoms with Crippen LogP contribution in [0.1, 0.15) is 38.4 Å². The number of rotatable bonds is 5. The lowest BCUT2D eigenvalue weighted by Crippen LogP contribution is -2.15. The third-order valence-corrected chi connectivity index (χ3v) is 5.42. The van der Waals surface area contributed by atoms with Crippen LogP contribution >= 0.6 is 0 Å². The van der Waals surface area contributed by atoms with E-state index in [2.05, 4.69) is 53.2 Å². The maximum absolute atomic E-state index is 12.9. The normalized spacial score (nSPS) is 10.9. The molecule has 0 bridgehead atoms. The van der Waals surface area contributed by atoms with Crippen LogP contribution in [0.5, 0.6) is 0 Å². The van der Waals surface area contributed by atoms with Gasteiger partial charge in [-0.25, -0.2) is 9.97 Å². The molecule has 0 unspecified atom stereocenters. The van der Waals surface area contributed by atoms with Gasteiger partial charge < -0.3 is 9.55 Å². The summed E-state index contributed by atoms with van der Waals surface area (Å²) in [7, 11) is 1.92. The number of benzene rings is 2. The lowest BCUT2D eigenvalue weighted by atomic mass is 9.98. The molecule has 4 aromatic rings. The van der Waals surface area contributed by atoms with Gasteiger partial charge in [-0.15, -0.1) is 0 Å². The highest BCUT2D eigenvalue weighted by Gasteiger charge is 2.15. The molecule has 2 heterocycles. The van der Waals surface area contributed by atoms with Gasteiger partial charge in [0.05, 0.1) is 11.9 Å². The number of H-pyrrole nitrogens is 1. The van der Waals surface area contributed by atoms with Gasteiger partial charge in [-0.3, -0.25) is 10.1 Å². The summed E-state index contributed by atoms with van der Waals surface area (Å²) in [6, 6.07) is 11.9. The molecule has 0 atom stereocenters. The first-order valence-corrected chi connectivity index (χ1v) is 9.91. The lowest BCUT2D eigenvalue weighted by Gasteiger charge is -2.12. The number of nitrogens with zero attached hydrogens (tertiary/aromatic N) is 3. The Hall–Kier alpha value is -3.67. The van der Waals surface area contributed by atoms with Gasteiger partial charge in [-0.05, 0) is 55.7 Å². The summed E-state index contributed by atoms with van der Waals surface area (Å²) < 4.78 is 1.92. The highest BCUT2D eigenvalue weighted by atomic mass is 16.1. The van der Waals surface area contributed by atoms with E-state index in [-0.39, 0.29) is 5.91 Å². The number of aromatic nitrogens is 4. The Kier molecular flexibility index (Phi) is 5.23. The van der Waals surface area contributed by atoms with Crippen LogP contribution in [0, 0.1) is 20.8 Å². The smallest absolute Gasteiger partial charge is 0.257 e. The third-order valence-electron chi connectivity index (χ3n) is 5.42. The van der Waals surface area contributed by atoms with E-state index in [4.69, 9.17) is 0 Å². The summed E-state index contributed by atoms with van der Waals surface area (Å²) in [5, 5.41) is 2.94. The van der Waals surface area contributed by atoms with E-state index in [9.17, 15) is 4.79 Å². The standard InChI is InChI=1S/C24H25N5O/c1-15-10-16(2)17(3)20(11-15)21-14-27-24(29(21)4)28-23(30)19-7-5-6-18(12-19)13-22-25-8-9-26-22/h5-12,14H,13H2,1-4H3,(H,25,26)(H,27,28,30). The van der Waals surface area contributed by atoms with Crippen molar-refractivity contribution in [1.29, 1.82) is 0 Å². The number of hydrogen-bond donors (Lipinski definition) is 2. The van der Waals surface area contributed by atoms with Crippen molar-refractivity contribution in [2.45, 2.75) is 27.2 Å². The van der Waals surface area contributed by atoms with Crippen LogP contribution < -0.4 is 5.32 Å². The number of nitrogens with one attached hydrogen (secondary N) is 2. The average Bonchev–Trinajstić information content (AvgIpc) is 3.35. The first-order valence-electron chi connectivity index (χ1n) is 9.91. The van der Waals surface area contributed by atoms with Crippen molar-refractivity contribution in [2.75, 3.05) is 5.32 Å². The van der Waals surface area contributed by atoms with Crippen molar-refractivity contribution in [3.8, 4) is 11.3 Å². The molecule has 2 aromatic heterocycles. The minimum atomic E-state index is -0.186. The zero-order valence-corrected chi connectivity index (χ0v) is 17.7. The summed E-state index contributed by atoms with van der Waals surface area (Å²) in [6.07, 6.45) is 5.97. The Labute approximate surface area is 176 Å². The molecular weight excluding hydrogens is 374 g/mol. The van der Waals surface area contributed by atoms with Crippen molar-refractivity contribution < 1.29 is 4.79 Å². The Morgan fingerprint density at radius 3 is 2.73 bits per heavy atom. The van der Waals surface area contributed by atoms with E-state index in [0.29, 0.717) is 17.9 Å². The molecule has 1 amide bonds. The SMILES string of the molecule is Cc1cc(C)c(C)c(-c2cnc(NC(=O)c3cccc(Cc4ncc[nH]4)c3)n2C)c1. The van der Waals surface area contributed by atoms with Gasteiger partial charge in [0, 0.05) is 37.0 Å². The zero-order chi connectivity index (χ0) is 21.3. The largest absolute Gasteiger partial charge is 0.348 e. The van der Waals surface area contributed by atoms with Crippen molar-refractivity contribution in [2.24, 2.45) is 7.05 Å². The molecule has 2 N–H and O–H groups in total. The summed E-state index contributed by atoms with van der Waals surface area (Å²) in [4.78, 5) is 24.6. The first kappa shape index (κ1) is 19.6. The van der Waals surface area contributed by atoms with E-state index < -0.39 is 0 Å². The summed E-state index contributed by atoms with van der Waals surface area (Å²) >= 11 is 0. The number of aromatic amines is 1. The van der Waals surface area contributed by atoms with Crippen molar-refractivity contribution in [3.63, 3.8) is 0 Å². The fraction of sp³-hybridized carbons (Fsp3) is 0.208. The highest BCUT2D eigenvalue weighted by Crippen LogP contribution is 2.28. The van der Waals surface area contributed by atoms with Crippen LogP contribution in [0.25, 0.3) is 11.3 Å². The van der Waals surface area contributed by atoms with E-state index in [1.54, 1.807) is 18.5 Å². The number of amides is 1. The molecule has 152 valence electrons. The van der Waals surface area contributed by atoms with E-state index in [1.807, 2.05) is 36.0 Å². The van der Waals surface area contributed by atoms with Gasteiger partial charge in [-0.2, -0.15) is 0 Å². The minimum absolute atomic E-state index is 0.186. The summed E-state index contributed by atoms with van der Waals surface area (Å²) in [5.74, 6) is 1.20. The molecule has 0 fully saturated rings. The summed E-state index contributed by atoms with van der Waals surface area (Å²) in [6.45, 7) is 6.31. The monoisotopic (exact) mass is 399 g/mol. The highest BCUT2D eigenvalue weighted by molar-refractivity contribution is 6.03. The molecule has 0 radical (unpaired) electrons. The maximum Gasteiger partial charge on any atom is 0.257 e. The zero-order valence-electron chi connectivity index (χ0n) is 17.7. The molecule has 0 spiro atoms.